The van der Waals surface area contributed by atoms with Gasteiger partial charge in [0.15, 0.2) is 11.7 Å². The molecule has 3 heterocycles. The van der Waals surface area contributed by atoms with Crippen LogP contribution in [0.2, 0.25) is 0 Å². The molecule has 0 radical (unpaired) electrons. The molecule has 0 bridgehead atoms. The van der Waals surface area contributed by atoms with Crippen molar-refractivity contribution >= 4 is 41.3 Å². The third kappa shape index (κ3) is 5.06. The van der Waals surface area contributed by atoms with E-state index in [0.29, 0.717) is 24.6 Å². The van der Waals surface area contributed by atoms with Crippen LogP contribution in [0, 0.1) is 0 Å². The Kier molecular flexibility index (Phi) is 7.25. The van der Waals surface area contributed by atoms with Gasteiger partial charge in [-0.05, 0) is 23.6 Å². The van der Waals surface area contributed by atoms with Crippen LogP contribution >= 0.6 is 35.3 Å². The number of nitrogens with one attached hydrogen (secondary N) is 3. The standard InChI is InChI=1S/C15H18N6OS.HI/c1-16-15(18-10-11-4-3-9-23-11)17-7-6-13-19-14(21-20-13)12-5-2-8-22-12;/h2-5,8-9H,6-7,10H2,1H3,(H2,16,17,18)(H,19,20,21);1H. The summed E-state index contributed by atoms with van der Waals surface area (Å²) in [6.45, 7) is 1.47. The van der Waals surface area contributed by atoms with Crippen molar-refractivity contribution in [1.29, 1.82) is 0 Å². The summed E-state index contributed by atoms with van der Waals surface area (Å²) in [6, 6.07) is 7.78. The van der Waals surface area contributed by atoms with Gasteiger partial charge in [0.25, 0.3) is 0 Å². The first kappa shape index (κ1) is 18.5. The third-order valence-corrected chi connectivity index (χ3v) is 4.04. The number of nitrogens with zero attached hydrogens (tertiary/aromatic N) is 3. The molecule has 3 N–H and O–H groups in total. The van der Waals surface area contributed by atoms with Crippen molar-refractivity contribution in [2.24, 2.45) is 4.99 Å². The van der Waals surface area contributed by atoms with E-state index in [1.807, 2.05) is 18.2 Å². The van der Waals surface area contributed by atoms with E-state index in [0.717, 1.165) is 18.3 Å². The normalized spacial score (nSPS) is 11.1. The Labute approximate surface area is 161 Å². The number of rotatable bonds is 6. The topological polar surface area (TPSA) is 91.1 Å². The van der Waals surface area contributed by atoms with Crippen LogP contribution in [0.5, 0.6) is 0 Å². The molecule has 3 aromatic rings. The summed E-state index contributed by atoms with van der Waals surface area (Å²) in [5, 5.41) is 15.7. The van der Waals surface area contributed by atoms with Crippen molar-refractivity contribution < 1.29 is 4.42 Å². The molecular formula is C15H19IN6OS. The molecule has 24 heavy (non-hydrogen) atoms. The van der Waals surface area contributed by atoms with Crippen LogP contribution in [-0.2, 0) is 13.0 Å². The Hall–Kier alpha value is -1.88. The molecule has 0 spiro atoms. The van der Waals surface area contributed by atoms with Gasteiger partial charge in [-0.25, -0.2) is 4.98 Å². The molecule has 9 heteroatoms. The van der Waals surface area contributed by atoms with Gasteiger partial charge in [0.05, 0.1) is 12.8 Å². The van der Waals surface area contributed by atoms with Crippen molar-refractivity contribution in [3.05, 3.63) is 46.6 Å². The lowest BCUT2D eigenvalue weighted by Gasteiger charge is -2.10. The molecule has 0 aliphatic rings. The molecule has 0 aromatic carbocycles. The first-order chi connectivity index (χ1) is 11.3. The summed E-state index contributed by atoms with van der Waals surface area (Å²) in [4.78, 5) is 9.88. The lowest BCUT2D eigenvalue weighted by molar-refractivity contribution is 0.577. The molecule has 0 fully saturated rings. The van der Waals surface area contributed by atoms with Gasteiger partial charge >= 0.3 is 0 Å². The first-order valence-corrected chi connectivity index (χ1v) is 8.15. The highest BCUT2D eigenvalue weighted by Gasteiger charge is 2.08. The van der Waals surface area contributed by atoms with Gasteiger partial charge in [0, 0.05) is 24.9 Å². The molecule has 0 saturated carbocycles. The van der Waals surface area contributed by atoms with E-state index in [-0.39, 0.29) is 24.0 Å². The first-order valence-electron chi connectivity index (χ1n) is 7.27. The molecule has 3 aromatic heterocycles. The molecule has 0 unspecified atom stereocenters. The quantitative estimate of drug-likeness (QED) is 0.300. The van der Waals surface area contributed by atoms with Crippen molar-refractivity contribution in [1.82, 2.24) is 25.8 Å². The summed E-state index contributed by atoms with van der Waals surface area (Å²) >= 11 is 1.72. The van der Waals surface area contributed by atoms with Gasteiger partial charge in [-0.15, -0.1) is 35.3 Å². The van der Waals surface area contributed by atoms with E-state index < -0.39 is 0 Å². The molecule has 0 aliphatic carbocycles. The lowest BCUT2D eigenvalue weighted by atomic mass is 10.4. The van der Waals surface area contributed by atoms with Gasteiger partial charge < -0.3 is 15.1 Å². The number of hydrogen-bond donors (Lipinski definition) is 3. The van der Waals surface area contributed by atoms with Crippen LogP contribution in [0.25, 0.3) is 11.6 Å². The van der Waals surface area contributed by atoms with Gasteiger partial charge in [0.2, 0.25) is 5.82 Å². The van der Waals surface area contributed by atoms with Crippen molar-refractivity contribution in [2.45, 2.75) is 13.0 Å². The van der Waals surface area contributed by atoms with Crippen molar-refractivity contribution in [2.75, 3.05) is 13.6 Å². The largest absolute Gasteiger partial charge is 0.461 e. The maximum absolute atomic E-state index is 5.27. The summed E-state index contributed by atoms with van der Waals surface area (Å²) in [6.07, 6.45) is 2.32. The van der Waals surface area contributed by atoms with Crippen LogP contribution in [-0.4, -0.2) is 34.7 Å². The molecule has 0 atom stereocenters. The Bertz CT molecular complexity index is 738. The van der Waals surface area contributed by atoms with Crippen LogP contribution in [0.15, 0.2) is 45.3 Å². The zero-order chi connectivity index (χ0) is 15.9. The van der Waals surface area contributed by atoms with Gasteiger partial charge in [0.1, 0.15) is 5.82 Å². The fraction of sp³-hybridized carbons (Fsp3) is 0.267. The third-order valence-electron chi connectivity index (χ3n) is 3.16. The Morgan fingerprint density at radius 1 is 1.33 bits per heavy atom. The Morgan fingerprint density at radius 2 is 2.25 bits per heavy atom. The molecule has 0 saturated heterocycles. The number of aliphatic imine (C=N–C) groups is 1. The number of aromatic nitrogens is 3. The van der Waals surface area contributed by atoms with Crippen LogP contribution in [0.4, 0.5) is 0 Å². The summed E-state index contributed by atoms with van der Waals surface area (Å²) in [5.41, 5.74) is 0. The maximum atomic E-state index is 5.27. The monoisotopic (exact) mass is 458 g/mol. The van der Waals surface area contributed by atoms with Crippen molar-refractivity contribution in [3.8, 4) is 11.6 Å². The smallest absolute Gasteiger partial charge is 0.216 e. The predicted molar refractivity (Wildman–Crippen MR) is 106 cm³/mol. The molecule has 7 nitrogen and oxygen atoms in total. The second kappa shape index (κ2) is 9.42. The minimum absolute atomic E-state index is 0. The zero-order valence-corrected chi connectivity index (χ0v) is 16.3. The number of halogens is 1. The van der Waals surface area contributed by atoms with E-state index >= 15 is 0 Å². The maximum Gasteiger partial charge on any atom is 0.216 e. The average molecular weight is 458 g/mol. The number of thiophene rings is 1. The summed E-state index contributed by atoms with van der Waals surface area (Å²) < 4.78 is 5.27. The molecule has 0 amide bonds. The second-order valence-corrected chi connectivity index (χ2v) is 5.80. The van der Waals surface area contributed by atoms with Crippen LogP contribution in [0.3, 0.4) is 0 Å². The minimum Gasteiger partial charge on any atom is -0.461 e. The molecule has 0 aliphatic heterocycles. The highest BCUT2D eigenvalue weighted by Crippen LogP contribution is 2.14. The fourth-order valence-electron chi connectivity index (χ4n) is 2.03. The van der Waals surface area contributed by atoms with Crippen molar-refractivity contribution in [3.63, 3.8) is 0 Å². The van der Waals surface area contributed by atoms with Gasteiger partial charge in [-0.1, -0.05) is 6.07 Å². The van der Waals surface area contributed by atoms with E-state index in [4.69, 9.17) is 4.42 Å². The minimum atomic E-state index is 0. The van der Waals surface area contributed by atoms with E-state index in [2.05, 4.69) is 42.3 Å². The number of aromatic amines is 1. The SMILES string of the molecule is CN=C(NCCc1nc(-c2ccco2)n[nH]1)NCc1cccs1.I. The summed E-state index contributed by atoms with van der Waals surface area (Å²) in [7, 11) is 1.76. The van der Waals surface area contributed by atoms with E-state index in [1.54, 1.807) is 24.6 Å². The van der Waals surface area contributed by atoms with E-state index in [9.17, 15) is 0 Å². The Balaban J connectivity index is 0.00000208. The van der Waals surface area contributed by atoms with Crippen LogP contribution in [0.1, 0.15) is 10.7 Å². The fourth-order valence-corrected chi connectivity index (χ4v) is 2.67. The number of guanidine groups is 1. The Morgan fingerprint density at radius 3 is 2.96 bits per heavy atom. The highest BCUT2D eigenvalue weighted by atomic mass is 127. The number of furan rings is 1. The second-order valence-electron chi connectivity index (χ2n) is 4.76. The van der Waals surface area contributed by atoms with E-state index in [1.165, 1.54) is 4.88 Å². The number of hydrogen-bond acceptors (Lipinski definition) is 5. The lowest BCUT2D eigenvalue weighted by Crippen LogP contribution is -2.37. The van der Waals surface area contributed by atoms with Gasteiger partial charge in [-0.2, -0.15) is 5.10 Å². The summed E-state index contributed by atoms with van der Waals surface area (Å²) in [5.74, 6) is 2.81. The molecule has 3 rings (SSSR count). The highest BCUT2D eigenvalue weighted by molar-refractivity contribution is 14.0. The number of H-pyrrole nitrogens is 1. The predicted octanol–water partition coefficient (Wildman–Crippen LogP) is 2.65. The van der Waals surface area contributed by atoms with Gasteiger partial charge in [-0.3, -0.25) is 10.1 Å². The molecule has 128 valence electrons. The zero-order valence-electron chi connectivity index (χ0n) is 13.2. The van der Waals surface area contributed by atoms with Crippen LogP contribution < -0.4 is 10.6 Å². The molecular weight excluding hydrogens is 439 g/mol. The average Bonchev–Trinajstić information content (AvgIpc) is 3.32.